The number of aliphatic imine (C=N–C) groups is 1. The fourth-order valence-electron chi connectivity index (χ4n) is 2.71. The molecule has 0 aromatic heterocycles. The largest absolute Gasteiger partial charge is 0.356 e. The maximum atomic E-state index is 4.30. The van der Waals surface area contributed by atoms with E-state index in [2.05, 4.69) is 27.4 Å². The van der Waals surface area contributed by atoms with Gasteiger partial charge in [-0.25, -0.2) is 0 Å². The summed E-state index contributed by atoms with van der Waals surface area (Å²) in [6, 6.07) is 0.684. The van der Waals surface area contributed by atoms with E-state index in [1.807, 2.05) is 7.05 Å². The molecule has 4 nitrogen and oxygen atoms in total. The van der Waals surface area contributed by atoms with Crippen LogP contribution >= 0.6 is 0 Å². The van der Waals surface area contributed by atoms with Crippen LogP contribution in [0, 0.1) is 5.92 Å². The molecule has 0 bridgehead atoms. The predicted molar refractivity (Wildman–Crippen MR) is 77.0 cm³/mol. The highest BCUT2D eigenvalue weighted by Gasteiger charge is 2.22. The van der Waals surface area contributed by atoms with Gasteiger partial charge in [-0.05, 0) is 44.7 Å². The Morgan fingerprint density at radius 2 is 1.94 bits per heavy atom. The van der Waals surface area contributed by atoms with Crippen molar-refractivity contribution in [2.45, 2.75) is 45.1 Å². The SMILES string of the molecule is CCN1CCCCC1CNC(=NC)NCC1CC1. The first-order valence-corrected chi connectivity index (χ1v) is 7.52. The minimum Gasteiger partial charge on any atom is -0.356 e. The van der Waals surface area contributed by atoms with Crippen molar-refractivity contribution in [2.24, 2.45) is 10.9 Å². The minimum atomic E-state index is 0.684. The molecule has 104 valence electrons. The molecule has 0 aromatic carbocycles. The Kier molecular flexibility index (Phi) is 5.29. The molecule has 0 spiro atoms. The molecule has 18 heavy (non-hydrogen) atoms. The molecule has 1 heterocycles. The Morgan fingerprint density at radius 1 is 1.17 bits per heavy atom. The first-order chi connectivity index (χ1) is 8.83. The average molecular weight is 252 g/mol. The predicted octanol–water partition coefficient (Wildman–Crippen LogP) is 1.44. The van der Waals surface area contributed by atoms with E-state index >= 15 is 0 Å². The van der Waals surface area contributed by atoms with Crippen molar-refractivity contribution < 1.29 is 0 Å². The Balaban J connectivity index is 1.70. The van der Waals surface area contributed by atoms with E-state index in [1.54, 1.807) is 0 Å². The summed E-state index contributed by atoms with van der Waals surface area (Å²) >= 11 is 0. The number of piperidine rings is 1. The van der Waals surface area contributed by atoms with Gasteiger partial charge in [0.15, 0.2) is 5.96 Å². The number of likely N-dealkylation sites (tertiary alicyclic amines) is 1. The molecule has 2 aliphatic rings. The first-order valence-electron chi connectivity index (χ1n) is 7.52. The number of rotatable bonds is 5. The molecule has 1 unspecified atom stereocenters. The van der Waals surface area contributed by atoms with Gasteiger partial charge in [0.2, 0.25) is 0 Å². The molecule has 4 heteroatoms. The zero-order valence-electron chi connectivity index (χ0n) is 11.9. The van der Waals surface area contributed by atoms with Gasteiger partial charge in [0.25, 0.3) is 0 Å². The molecule has 0 amide bonds. The Morgan fingerprint density at radius 3 is 2.61 bits per heavy atom. The monoisotopic (exact) mass is 252 g/mol. The van der Waals surface area contributed by atoms with Crippen molar-refractivity contribution in [3.05, 3.63) is 0 Å². The minimum absolute atomic E-state index is 0.684. The second-order valence-electron chi connectivity index (χ2n) is 5.56. The lowest BCUT2D eigenvalue weighted by atomic mass is 10.0. The molecule has 1 atom stereocenters. The van der Waals surface area contributed by atoms with Crippen LogP contribution < -0.4 is 10.6 Å². The average Bonchev–Trinajstić information content (AvgIpc) is 3.23. The Bertz CT molecular complexity index is 273. The van der Waals surface area contributed by atoms with E-state index in [9.17, 15) is 0 Å². The molecule has 0 aromatic rings. The van der Waals surface area contributed by atoms with Gasteiger partial charge >= 0.3 is 0 Å². The normalized spacial score (nSPS) is 26.1. The zero-order valence-corrected chi connectivity index (χ0v) is 11.9. The maximum Gasteiger partial charge on any atom is 0.191 e. The van der Waals surface area contributed by atoms with Crippen molar-refractivity contribution >= 4 is 5.96 Å². The Labute approximate surface area is 111 Å². The van der Waals surface area contributed by atoms with Gasteiger partial charge in [-0.2, -0.15) is 0 Å². The molecule has 1 aliphatic carbocycles. The van der Waals surface area contributed by atoms with E-state index in [-0.39, 0.29) is 0 Å². The lowest BCUT2D eigenvalue weighted by Crippen LogP contribution is -2.49. The van der Waals surface area contributed by atoms with Gasteiger partial charge in [-0.3, -0.25) is 9.89 Å². The number of hydrogen-bond acceptors (Lipinski definition) is 2. The van der Waals surface area contributed by atoms with Crippen LogP contribution in [-0.2, 0) is 0 Å². The van der Waals surface area contributed by atoms with Crippen LogP contribution in [0.3, 0.4) is 0 Å². The van der Waals surface area contributed by atoms with Crippen molar-refractivity contribution in [1.29, 1.82) is 0 Å². The summed E-state index contributed by atoms with van der Waals surface area (Å²) in [5.41, 5.74) is 0. The van der Waals surface area contributed by atoms with Crippen molar-refractivity contribution in [2.75, 3.05) is 33.2 Å². The highest BCUT2D eigenvalue weighted by Crippen LogP contribution is 2.27. The molecule has 2 N–H and O–H groups in total. The molecule has 1 saturated carbocycles. The summed E-state index contributed by atoms with van der Waals surface area (Å²) in [6.07, 6.45) is 6.82. The van der Waals surface area contributed by atoms with E-state index in [1.165, 1.54) is 45.2 Å². The van der Waals surface area contributed by atoms with Crippen molar-refractivity contribution in [3.63, 3.8) is 0 Å². The maximum absolute atomic E-state index is 4.30. The third-order valence-corrected chi connectivity index (χ3v) is 4.14. The third kappa shape index (κ3) is 4.16. The number of likely N-dealkylation sites (N-methyl/N-ethyl adjacent to an activating group) is 1. The van der Waals surface area contributed by atoms with Crippen molar-refractivity contribution in [1.82, 2.24) is 15.5 Å². The summed E-state index contributed by atoms with van der Waals surface area (Å²) < 4.78 is 0. The van der Waals surface area contributed by atoms with Gasteiger partial charge in [0.1, 0.15) is 0 Å². The second kappa shape index (κ2) is 6.98. The van der Waals surface area contributed by atoms with Gasteiger partial charge in [0.05, 0.1) is 0 Å². The summed E-state index contributed by atoms with van der Waals surface area (Å²) in [5.74, 6) is 1.87. The summed E-state index contributed by atoms with van der Waals surface area (Å²) in [4.78, 5) is 6.89. The van der Waals surface area contributed by atoms with Gasteiger partial charge in [-0.15, -0.1) is 0 Å². The number of hydrogen-bond donors (Lipinski definition) is 2. The van der Waals surface area contributed by atoms with E-state index in [0.717, 1.165) is 25.0 Å². The summed E-state index contributed by atoms with van der Waals surface area (Å²) in [7, 11) is 1.86. The molecular formula is C14H28N4. The molecule has 1 aliphatic heterocycles. The number of nitrogens with one attached hydrogen (secondary N) is 2. The van der Waals surface area contributed by atoms with E-state index < -0.39 is 0 Å². The third-order valence-electron chi connectivity index (χ3n) is 4.14. The highest BCUT2D eigenvalue weighted by molar-refractivity contribution is 5.79. The summed E-state index contributed by atoms with van der Waals surface area (Å²) in [5, 5.41) is 6.91. The molecule has 0 radical (unpaired) electrons. The van der Waals surface area contributed by atoms with Crippen LogP contribution in [-0.4, -0.2) is 50.1 Å². The van der Waals surface area contributed by atoms with Crippen LogP contribution in [0.2, 0.25) is 0 Å². The topological polar surface area (TPSA) is 39.7 Å². The molecule has 1 saturated heterocycles. The fourth-order valence-corrected chi connectivity index (χ4v) is 2.71. The second-order valence-corrected chi connectivity index (χ2v) is 5.56. The number of guanidine groups is 1. The van der Waals surface area contributed by atoms with Crippen LogP contribution in [0.25, 0.3) is 0 Å². The fraction of sp³-hybridized carbons (Fsp3) is 0.929. The molecule has 2 fully saturated rings. The number of nitrogens with zero attached hydrogens (tertiary/aromatic N) is 2. The van der Waals surface area contributed by atoms with Crippen LogP contribution in [0.5, 0.6) is 0 Å². The van der Waals surface area contributed by atoms with Crippen molar-refractivity contribution in [3.8, 4) is 0 Å². The van der Waals surface area contributed by atoms with Crippen LogP contribution in [0.4, 0.5) is 0 Å². The smallest absolute Gasteiger partial charge is 0.191 e. The van der Waals surface area contributed by atoms with E-state index in [0.29, 0.717) is 6.04 Å². The highest BCUT2D eigenvalue weighted by atomic mass is 15.2. The quantitative estimate of drug-likeness (QED) is 0.574. The van der Waals surface area contributed by atoms with Crippen LogP contribution in [0.1, 0.15) is 39.0 Å². The van der Waals surface area contributed by atoms with E-state index in [4.69, 9.17) is 0 Å². The van der Waals surface area contributed by atoms with Gasteiger partial charge in [0, 0.05) is 26.2 Å². The standard InChI is InChI=1S/C14H28N4/c1-3-18-9-5-4-6-13(18)11-17-14(15-2)16-10-12-7-8-12/h12-13H,3-11H2,1-2H3,(H2,15,16,17). The molecule has 2 rings (SSSR count). The lowest BCUT2D eigenvalue weighted by Gasteiger charge is -2.35. The van der Waals surface area contributed by atoms with Crippen LogP contribution in [0.15, 0.2) is 4.99 Å². The molecular weight excluding hydrogens is 224 g/mol. The van der Waals surface area contributed by atoms with Gasteiger partial charge in [-0.1, -0.05) is 13.3 Å². The summed E-state index contributed by atoms with van der Waals surface area (Å²) in [6.45, 7) is 6.80. The first kappa shape index (κ1) is 13.7. The van der Waals surface area contributed by atoms with Gasteiger partial charge < -0.3 is 10.6 Å². The Hall–Kier alpha value is -0.770. The lowest BCUT2D eigenvalue weighted by molar-refractivity contribution is 0.157. The zero-order chi connectivity index (χ0) is 12.8.